The van der Waals surface area contributed by atoms with Gasteiger partial charge in [0, 0.05) is 18.0 Å². The lowest BCUT2D eigenvalue weighted by atomic mass is 10.1. The molecule has 0 fully saturated rings. The van der Waals surface area contributed by atoms with Crippen LogP contribution in [0.1, 0.15) is 35.5 Å². The molecule has 0 aliphatic carbocycles. The fraction of sp³-hybridized carbons (Fsp3) is 0.217. The number of fused-ring (bicyclic) bond motifs is 1. The Bertz CT molecular complexity index is 1390. The molecule has 4 rings (SSSR count). The van der Waals surface area contributed by atoms with Crippen molar-refractivity contribution in [2.24, 2.45) is 0 Å². The molecule has 0 aliphatic heterocycles. The minimum atomic E-state index is -3.35. The van der Waals surface area contributed by atoms with Gasteiger partial charge in [-0.25, -0.2) is 18.4 Å². The Morgan fingerprint density at radius 2 is 1.88 bits per heavy atom. The second kappa shape index (κ2) is 8.51. The summed E-state index contributed by atoms with van der Waals surface area (Å²) < 4.78 is 24.7. The van der Waals surface area contributed by atoms with Gasteiger partial charge in [-0.1, -0.05) is 18.2 Å². The van der Waals surface area contributed by atoms with Gasteiger partial charge in [0.25, 0.3) is 5.91 Å². The van der Waals surface area contributed by atoms with Crippen molar-refractivity contribution in [3.8, 4) is 11.3 Å². The molecule has 0 radical (unpaired) electrons. The predicted octanol–water partition coefficient (Wildman–Crippen LogP) is 3.44. The molecule has 8 nitrogen and oxygen atoms in total. The summed E-state index contributed by atoms with van der Waals surface area (Å²) in [6, 6.07) is 10.3. The summed E-state index contributed by atoms with van der Waals surface area (Å²) >= 11 is 0. The highest BCUT2D eigenvalue weighted by Crippen LogP contribution is 2.24. The van der Waals surface area contributed by atoms with E-state index >= 15 is 0 Å². The second-order valence-corrected chi connectivity index (χ2v) is 10.2. The molecule has 0 unspecified atom stereocenters. The van der Waals surface area contributed by atoms with Crippen molar-refractivity contribution in [1.29, 1.82) is 0 Å². The summed E-state index contributed by atoms with van der Waals surface area (Å²) in [5, 5.41) is 2.37. The zero-order valence-corrected chi connectivity index (χ0v) is 18.8. The number of H-pyrrole nitrogens is 1. The summed E-state index contributed by atoms with van der Waals surface area (Å²) in [7, 11) is -3.35. The lowest BCUT2D eigenvalue weighted by Crippen LogP contribution is -2.23. The first-order chi connectivity index (χ1) is 15.3. The van der Waals surface area contributed by atoms with E-state index < -0.39 is 15.1 Å². The van der Waals surface area contributed by atoms with Crippen LogP contribution in [0.2, 0.25) is 0 Å². The lowest BCUT2D eigenvalue weighted by molar-refractivity contribution is 0.0952. The number of hydrogen-bond donors (Lipinski definition) is 2. The Labute approximate surface area is 186 Å². The van der Waals surface area contributed by atoms with E-state index in [-0.39, 0.29) is 10.8 Å². The first kappa shape index (κ1) is 21.6. The molecule has 0 saturated carbocycles. The molecule has 1 amide bonds. The highest BCUT2D eigenvalue weighted by Gasteiger charge is 2.19. The van der Waals surface area contributed by atoms with Crippen molar-refractivity contribution in [3.05, 3.63) is 71.8 Å². The summed E-state index contributed by atoms with van der Waals surface area (Å²) in [5.74, 6) is -0.286. The number of rotatable bonds is 6. The maximum Gasteiger partial charge on any atom is 0.255 e. The van der Waals surface area contributed by atoms with Crippen LogP contribution in [0.25, 0.3) is 22.4 Å². The molecule has 2 N–H and O–H groups in total. The van der Waals surface area contributed by atoms with Gasteiger partial charge in [0.05, 0.1) is 39.8 Å². The van der Waals surface area contributed by atoms with Gasteiger partial charge in [0.1, 0.15) is 5.52 Å². The monoisotopic (exact) mass is 449 g/mol. The predicted molar refractivity (Wildman–Crippen MR) is 122 cm³/mol. The van der Waals surface area contributed by atoms with E-state index in [1.54, 1.807) is 56.7 Å². The maximum atomic E-state index is 12.8. The van der Waals surface area contributed by atoms with Crippen molar-refractivity contribution in [3.63, 3.8) is 0 Å². The molecule has 0 saturated heterocycles. The van der Waals surface area contributed by atoms with Crippen molar-refractivity contribution in [2.45, 2.75) is 37.5 Å². The van der Waals surface area contributed by atoms with Gasteiger partial charge in [-0.2, -0.15) is 0 Å². The van der Waals surface area contributed by atoms with E-state index in [1.807, 2.05) is 19.1 Å². The number of pyridine rings is 1. The first-order valence-corrected chi connectivity index (χ1v) is 11.7. The lowest BCUT2D eigenvalue weighted by Gasteiger charge is -2.09. The maximum absolute atomic E-state index is 12.8. The van der Waals surface area contributed by atoms with Gasteiger partial charge in [-0.15, -0.1) is 0 Å². The number of nitrogens with one attached hydrogen (secondary N) is 2. The fourth-order valence-electron chi connectivity index (χ4n) is 3.25. The Kier molecular flexibility index (Phi) is 5.75. The van der Waals surface area contributed by atoms with Crippen molar-refractivity contribution in [2.75, 3.05) is 0 Å². The summed E-state index contributed by atoms with van der Waals surface area (Å²) in [5.41, 5.74) is 4.35. The number of amides is 1. The SMILES string of the molecule is Cc1cccnc1CNC(=O)c1c[nH]c2ncc(-c3ccc(S(=O)(=O)C(C)C)cc3)nc12. The number of aromatic nitrogens is 4. The molecule has 3 aromatic heterocycles. The van der Waals surface area contributed by atoms with Crippen LogP contribution in [0.5, 0.6) is 0 Å². The third-order valence-corrected chi connectivity index (χ3v) is 7.43. The third kappa shape index (κ3) is 4.11. The van der Waals surface area contributed by atoms with Crippen LogP contribution < -0.4 is 5.32 Å². The quantitative estimate of drug-likeness (QED) is 0.466. The number of aryl methyl sites for hydroxylation is 1. The molecular weight excluding hydrogens is 426 g/mol. The van der Waals surface area contributed by atoms with Crippen LogP contribution in [0.4, 0.5) is 0 Å². The van der Waals surface area contributed by atoms with Crippen LogP contribution in [0.3, 0.4) is 0 Å². The molecule has 9 heteroatoms. The zero-order chi connectivity index (χ0) is 22.9. The van der Waals surface area contributed by atoms with Crippen LogP contribution in [0, 0.1) is 6.92 Å². The van der Waals surface area contributed by atoms with Gasteiger partial charge in [0.15, 0.2) is 15.5 Å². The van der Waals surface area contributed by atoms with E-state index in [1.165, 1.54) is 0 Å². The first-order valence-electron chi connectivity index (χ1n) is 10.1. The molecule has 0 spiro atoms. The average Bonchev–Trinajstić information content (AvgIpc) is 3.21. The van der Waals surface area contributed by atoms with E-state index in [0.717, 1.165) is 11.3 Å². The van der Waals surface area contributed by atoms with Gasteiger partial charge in [-0.05, 0) is 44.5 Å². The zero-order valence-electron chi connectivity index (χ0n) is 18.0. The van der Waals surface area contributed by atoms with Gasteiger partial charge in [0.2, 0.25) is 0 Å². The molecular formula is C23H23N5O3S. The van der Waals surface area contributed by atoms with Crippen molar-refractivity contribution >= 4 is 26.9 Å². The van der Waals surface area contributed by atoms with Gasteiger partial charge in [-0.3, -0.25) is 9.78 Å². The van der Waals surface area contributed by atoms with Crippen LogP contribution in [-0.4, -0.2) is 39.5 Å². The second-order valence-electron chi connectivity index (χ2n) is 7.72. The van der Waals surface area contributed by atoms with Crippen molar-refractivity contribution < 1.29 is 13.2 Å². The van der Waals surface area contributed by atoms with Crippen LogP contribution in [0.15, 0.2) is 59.9 Å². The third-order valence-electron chi connectivity index (χ3n) is 5.26. The number of carbonyl (C=O) groups excluding carboxylic acids is 1. The largest absolute Gasteiger partial charge is 0.346 e. The number of sulfone groups is 1. The molecule has 3 heterocycles. The van der Waals surface area contributed by atoms with E-state index in [4.69, 9.17) is 0 Å². The molecule has 0 aliphatic rings. The fourth-order valence-corrected chi connectivity index (χ4v) is 4.31. The summed E-state index contributed by atoms with van der Waals surface area (Å²) in [4.78, 5) is 29.3. The van der Waals surface area contributed by atoms with E-state index in [9.17, 15) is 13.2 Å². The Morgan fingerprint density at radius 1 is 1.12 bits per heavy atom. The molecule has 4 aromatic rings. The average molecular weight is 450 g/mol. The molecule has 164 valence electrons. The number of hydrogen-bond acceptors (Lipinski definition) is 6. The van der Waals surface area contributed by atoms with E-state index in [0.29, 0.717) is 34.5 Å². The number of carbonyl (C=O) groups is 1. The number of aromatic amines is 1. The van der Waals surface area contributed by atoms with Gasteiger partial charge < -0.3 is 10.3 Å². The molecule has 32 heavy (non-hydrogen) atoms. The van der Waals surface area contributed by atoms with Crippen LogP contribution >= 0.6 is 0 Å². The minimum absolute atomic E-state index is 0.261. The highest BCUT2D eigenvalue weighted by atomic mass is 32.2. The number of benzene rings is 1. The Hall–Kier alpha value is -3.59. The highest BCUT2D eigenvalue weighted by molar-refractivity contribution is 7.92. The molecule has 0 atom stereocenters. The smallest absolute Gasteiger partial charge is 0.255 e. The minimum Gasteiger partial charge on any atom is -0.346 e. The number of nitrogens with zero attached hydrogens (tertiary/aromatic N) is 3. The van der Waals surface area contributed by atoms with Gasteiger partial charge >= 0.3 is 0 Å². The van der Waals surface area contributed by atoms with E-state index in [2.05, 4.69) is 25.3 Å². The molecule has 1 aromatic carbocycles. The Morgan fingerprint density at radius 3 is 2.56 bits per heavy atom. The topological polar surface area (TPSA) is 118 Å². The Balaban J connectivity index is 1.60. The van der Waals surface area contributed by atoms with Crippen molar-refractivity contribution in [1.82, 2.24) is 25.3 Å². The molecule has 0 bridgehead atoms. The normalized spacial score (nSPS) is 11.8. The standard InChI is InChI=1S/C23H23N5O3S/c1-14(2)32(30,31)17-8-6-16(7-9-17)20-13-26-22-21(28-20)18(11-25-22)23(29)27-12-19-15(3)5-4-10-24-19/h4-11,13-14H,12H2,1-3H3,(H,25,26)(H,27,29). The summed E-state index contributed by atoms with van der Waals surface area (Å²) in [6.07, 6.45) is 4.85. The van der Waals surface area contributed by atoms with Crippen LogP contribution in [-0.2, 0) is 16.4 Å². The summed E-state index contributed by atoms with van der Waals surface area (Å²) in [6.45, 7) is 5.54.